The summed E-state index contributed by atoms with van der Waals surface area (Å²) in [6, 6.07) is 11.1. The van der Waals surface area contributed by atoms with Gasteiger partial charge in [0.15, 0.2) is 0 Å². The van der Waals surface area contributed by atoms with Crippen LogP contribution in [0.25, 0.3) is 12.2 Å². The lowest BCUT2D eigenvalue weighted by atomic mass is 10.1. The molecule has 1 aliphatic heterocycles. The third kappa shape index (κ3) is 4.98. The molecule has 138 valence electrons. The van der Waals surface area contributed by atoms with E-state index in [0.29, 0.717) is 10.7 Å². The van der Waals surface area contributed by atoms with E-state index in [1.54, 1.807) is 24.3 Å². The van der Waals surface area contributed by atoms with Gasteiger partial charge in [0.05, 0.1) is 11.2 Å². The number of rotatable bonds is 6. The van der Waals surface area contributed by atoms with Crippen molar-refractivity contribution in [3.63, 3.8) is 0 Å². The molecule has 1 aromatic heterocycles. The summed E-state index contributed by atoms with van der Waals surface area (Å²) in [6.45, 7) is 2.28. The molecule has 0 spiro atoms. The molecule has 3 amide bonds. The van der Waals surface area contributed by atoms with Crippen molar-refractivity contribution in [2.24, 2.45) is 0 Å². The van der Waals surface area contributed by atoms with Gasteiger partial charge < -0.3 is 9.73 Å². The zero-order valence-electron chi connectivity index (χ0n) is 14.7. The first-order chi connectivity index (χ1) is 13.0. The van der Waals surface area contributed by atoms with Crippen LogP contribution in [-0.2, 0) is 9.59 Å². The van der Waals surface area contributed by atoms with Gasteiger partial charge in [-0.3, -0.25) is 19.3 Å². The van der Waals surface area contributed by atoms with Crippen LogP contribution in [0.5, 0.6) is 0 Å². The number of hydrogen-bond donors (Lipinski definition) is 1. The minimum absolute atomic E-state index is 0.121. The molecule has 2 heterocycles. The lowest BCUT2D eigenvalue weighted by Crippen LogP contribution is -2.36. The SMILES string of the molecule is Cc1ccc(C=C2SC(=O)N(CCNC(=O)C=Cc3ccco3)C2=O)cc1. The normalized spacial score (nSPS) is 15.9. The summed E-state index contributed by atoms with van der Waals surface area (Å²) in [5, 5.41) is 2.31. The quantitative estimate of drug-likeness (QED) is 0.774. The summed E-state index contributed by atoms with van der Waals surface area (Å²) in [5.74, 6) is -0.100. The van der Waals surface area contributed by atoms with Crippen LogP contribution in [0.3, 0.4) is 0 Å². The Labute approximate surface area is 160 Å². The molecule has 27 heavy (non-hydrogen) atoms. The second-order valence-electron chi connectivity index (χ2n) is 5.88. The number of aryl methyl sites for hydroxylation is 1. The largest absolute Gasteiger partial charge is 0.465 e. The number of thioether (sulfide) groups is 1. The van der Waals surface area contributed by atoms with Gasteiger partial charge in [0.1, 0.15) is 5.76 Å². The van der Waals surface area contributed by atoms with Crippen LogP contribution in [0.1, 0.15) is 16.9 Å². The van der Waals surface area contributed by atoms with Crippen molar-refractivity contribution in [2.45, 2.75) is 6.92 Å². The number of imide groups is 1. The van der Waals surface area contributed by atoms with E-state index in [0.717, 1.165) is 27.8 Å². The number of nitrogens with one attached hydrogen (secondary N) is 1. The number of benzene rings is 1. The highest BCUT2D eigenvalue weighted by Crippen LogP contribution is 2.31. The molecule has 7 heteroatoms. The highest BCUT2D eigenvalue weighted by atomic mass is 32.2. The Morgan fingerprint density at radius 2 is 2.00 bits per heavy atom. The van der Waals surface area contributed by atoms with Gasteiger partial charge in [-0.2, -0.15) is 0 Å². The van der Waals surface area contributed by atoms with Crippen molar-refractivity contribution >= 4 is 41.0 Å². The zero-order valence-corrected chi connectivity index (χ0v) is 15.5. The highest BCUT2D eigenvalue weighted by Gasteiger charge is 2.34. The van der Waals surface area contributed by atoms with E-state index in [2.05, 4.69) is 5.32 Å². The summed E-state index contributed by atoms with van der Waals surface area (Å²) in [5.41, 5.74) is 1.99. The Hall–Kier alpha value is -3.06. The second-order valence-corrected chi connectivity index (χ2v) is 6.88. The Bertz CT molecular complexity index is 899. The molecule has 6 nitrogen and oxygen atoms in total. The van der Waals surface area contributed by atoms with E-state index in [1.165, 1.54) is 12.3 Å². The summed E-state index contributed by atoms with van der Waals surface area (Å²) in [6.07, 6.45) is 6.10. The first-order valence-corrected chi connectivity index (χ1v) is 9.16. The maximum absolute atomic E-state index is 12.4. The van der Waals surface area contributed by atoms with Gasteiger partial charge in [0.2, 0.25) is 5.91 Å². The van der Waals surface area contributed by atoms with Gasteiger partial charge in [-0.05, 0) is 48.5 Å². The molecule has 0 saturated carbocycles. The van der Waals surface area contributed by atoms with E-state index in [1.807, 2.05) is 31.2 Å². The molecule has 1 saturated heterocycles. The van der Waals surface area contributed by atoms with Crippen LogP contribution < -0.4 is 5.32 Å². The van der Waals surface area contributed by atoms with Gasteiger partial charge in [-0.15, -0.1) is 0 Å². The van der Waals surface area contributed by atoms with E-state index in [4.69, 9.17) is 4.42 Å². The topological polar surface area (TPSA) is 79.6 Å². The van der Waals surface area contributed by atoms with Gasteiger partial charge in [0, 0.05) is 19.2 Å². The Kier molecular flexibility index (Phi) is 5.93. The molecular formula is C20H18N2O4S. The maximum Gasteiger partial charge on any atom is 0.293 e. The third-order valence-electron chi connectivity index (χ3n) is 3.83. The minimum Gasteiger partial charge on any atom is -0.465 e. The summed E-state index contributed by atoms with van der Waals surface area (Å²) in [7, 11) is 0. The van der Waals surface area contributed by atoms with E-state index >= 15 is 0 Å². The van der Waals surface area contributed by atoms with Crippen LogP contribution in [-0.4, -0.2) is 35.0 Å². The van der Waals surface area contributed by atoms with Gasteiger partial charge in [-0.25, -0.2) is 0 Å². The monoisotopic (exact) mass is 382 g/mol. The first-order valence-electron chi connectivity index (χ1n) is 8.34. The minimum atomic E-state index is -0.342. The third-order valence-corrected chi connectivity index (χ3v) is 4.73. The summed E-state index contributed by atoms with van der Waals surface area (Å²) in [4.78, 5) is 37.8. The van der Waals surface area contributed by atoms with Gasteiger partial charge in [-0.1, -0.05) is 29.8 Å². The number of carbonyl (C=O) groups excluding carboxylic acids is 3. The fourth-order valence-electron chi connectivity index (χ4n) is 2.40. The number of amides is 3. The molecule has 0 aliphatic carbocycles. The first kappa shape index (κ1) is 18.7. The molecule has 1 aromatic carbocycles. The number of hydrogen-bond acceptors (Lipinski definition) is 5. The van der Waals surface area contributed by atoms with Crippen molar-refractivity contribution in [1.29, 1.82) is 0 Å². The number of carbonyl (C=O) groups is 3. The highest BCUT2D eigenvalue weighted by molar-refractivity contribution is 8.18. The van der Waals surface area contributed by atoms with Crippen LogP contribution in [0.2, 0.25) is 0 Å². The van der Waals surface area contributed by atoms with E-state index in [9.17, 15) is 14.4 Å². The predicted octanol–water partition coefficient (Wildman–Crippen LogP) is 3.45. The molecule has 0 atom stereocenters. The lowest BCUT2D eigenvalue weighted by molar-refractivity contribution is -0.123. The average molecular weight is 382 g/mol. The molecule has 1 N–H and O–H groups in total. The smallest absolute Gasteiger partial charge is 0.293 e. The van der Waals surface area contributed by atoms with Crippen LogP contribution in [0.4, 0.5) is 4.79 Å². The fourth-order valence-corrected chi connectivity index (χ4v) is 3.27. The molecular weight excluding hydrogens is 364 g/mol. The maximum atomic E-state index is 12.4. The van der Waals surface area contributed by atoms with Crippen LogP contribution >= 0.6 is 11.8 Å². The fraction of sp³-hybridized carbons (Fsp3) is 0.150. The van der Waals surface area contributed by atoms with Crippen molar-refractivity contribution in [1.82, 2.24) is 10.2 Å². The predicted molar refractivity (Wildman–Crippen MR) is 105 cm³/mol. The summed E-state index contributed by atoms with van der Waals surface area (Å²) >= 11 is 0.908. The van der Waals surface area contributed by atoms with E-state index < -0.39 is 0 Å². The summed E-state index contributed by atoms with van der Waals surface area (Å²) < 4.78 is 5.09. The molecule has 0 unspecified atom stereocenters. The van der Waals surface area contributed by atoms with Crippen molar-refractivity contribution in [3.05, 3.63) is 70.5 Å². The second kappa shape index (κ2) is 8.55. The van der Waals surface area contributed by atoms with E-state index in [-0.39, 0.29) is 30.1 Å². The van der Waals surface area contributed by atoms with Crippen LogP contribution in [0.15, 0.2) is 58.1 Å². The molecule has 0 radical (unpaired) electrons. The molecule has 1 aliphatic rings. The average Bonchev–Trinajstić information content (AvgIpc) is 3.26. The molecule has 3 rings (SSSR count). The zero-order chi connectivity index (χ0) is 19.2. The van der Waals surface area contributed by atoms with Crippen molar-refractivity contribution < 1.29 is 18.8 Å². The molecule has 2 aromatic rings. The van der Waals surface area contributed by atoms with Crippen molar-refractivity contribution in [2.75, 3.05) is 13.1 Å². The van der Waals surface area contributed by atoms with Gasteiger partial charge >= 0.3 is 0 Å². The molecule has 0 bridgehead atoms. The Balaban J connectivity index is 1.53. The molecule has 1 fully saturated rings. The Morgan fingerprint density at radius 3 is 2.70 bits per heavy atom. The van der Waals surface area contributed by atoms with Crippen molar-refractivity contribution in [3.8, 4) is 0 Å². The number of nitrogens with zero attached hydrogens (tertiary/aromatic N) is 1. The lowest BCUT2D eigenvalue weighted by Gasteiger charge is -2.12. The standard InChI is InChI=1S/C20H18N2O4S/c1-14-4-6-15(7-5-14)13-17-19(24)22(20(25)27-17)11-10-21-18(23)9-8-16-3-2-12-26-16/h2-9,12-13H,10-11H2,1H3,(H,21,23). The van der Waals surface area contributed by atoms with Gasteiger partial charge in [0.25, 0.3) is 11.1 Å². The van der Waals surface area contributed by atoms with Crippen LogP contribution in [0, 0.1) is 6.92 Å². The Morgan fingerprint density at radius 1 is 1.22 bits per heavy atom. The number of furan rings is 1.